The van der Waals surface area contributed by atoms with E-state index >= 15 is 0 Å². The third-order valence-corrected chi connectivity index (χ3v) is 2.64. The zero-order chi connectivity index (χ0) is 12.3. The molecule has 0 bridgehead atoms. The van der Waals surface area contributed by atoms with Crippen LogP contribution < -0.4 is 5.32 Å². The van der Waals surface area contributed by atoms with Gasteiger partial charge in [-0.25, -0.2) is 9.07 Å². The summed E-state index contributed by atoms with van der Waals surface area (Å²) >= 11 is 5.93. The van der Waals surface area contributed by atoms with Crippen LogP contribution in [0, 0.1) is 5.82 Å². The summed E-state index contributed by atoms with van der Waals surface area (Å²) in [6.07, 6.45) is 1.83. The molecule has 1 aromatic carbocycles. The summed E-state index contributed by atoms with van der Waals surface area (Å²) in [5, 5.41) is 11.3. The second kappa shape index (κ2) is 5.25. The maximum Gasteiger partial charge on any atom is 0.124 e. The molecule has 4 nitrogen and oxygen atoms in total. The molecule has 0 amide bonds. The van der Waals surface area contributed by atoms with Gasteiger partial charge >= 0.3 is 0 Å². The minimum Gasteiger partial charge on any atom is -0.314 e. The van der Waals surface area contributed by atoms with Crippen molar-refractivity contribution in [3.63, 3.8) is 0 Å². The lowest BCUT2D eigenvalue weighted by atomic mass is 10.2. The Morgan fingerprint density at radius 2 is 2.29 bits per heavy atom. The summed E-state index contributed by atoms with van der Waals surface area (Å²) in [6.45, 7) is 1.15. The lowest BCUT2D eigenvalue weighted by molar-refractivity contribution is 0.621. The lowest BCUT2D eigenvalue weighted by Gasteiger charge is -2.03. The van der Waals surface area contributed by atoms with E-state index in [1.165, 1.54) is 12.1 Å². The smallest absolute Gasteiger partial charge is 0.124 e. The zero-order valence-corrected chi connectivity index (χ0v) is 10.1. The van der Waals surface area contributed by atoms with Gasteiger partial charge in [-0.3, -0.25) is 0 Å². The Hall–Kier alpha value is -1.46. The number of hydrogen-bond donors (Lipinski definition) is 1. The molecule has 2 rings (SSSR count). The van der Waals surface area contributed by atoms with Crippen LogP contribution in [0.25, 0.3) is 0 Å². The Kier molecular flexibility index (Phi) is 3.71. The van der Waals surface area contributed by atoms with Crippen LogP contribution >= 0.6 is 11.6 Å². The predicted octanol–water partition coefficient (Wildman–Crippen LogP) is 1.84. The molecule has 0 aliphatic rings. The van der Waals surface area contributed by atoms with Crippen LogP contribution in [0.4, 0.5) is 4.39 Å². The Bertz CT molecular complexity index is 512. The molecule has 0 spiro atoms. The van der Waals surface area contributed by atoms with Gasteiger partial charge in [0, 0.05) is 11.6 Å². The average Bonchev–Trinajstić information content (AvgIpc) is 2.71. The highest BCUT2D eigenvalue weighted by Gasteiger charge is 2.05. The second-order valence-corrected chi connectivity index (χ2v) is 4.08. The molecule has 1 N–H and O–H groups in total. The van der Waals surface area contributed by atoms with Crippen LogP contribution in [0.3, 0.4) is 0 Å². The van der Waals surface area contributed by atoms with Crippen LogP contribution in [-0.4, -0.2) is 22.0 Å². The molecule has 1 heterocycles. The van der Waals surface area contributed by atoms with Crippen molar-refractivity contribution in [1.82, 2.24) is 20.3 Å². The summed E-state index contributed by atoms with van der Waals surface area (Å²) in [5.41, 5.74) is 1.67. The van der Waals surface area contributed by atoms with E-state index in [0.29, 0.717) is 18.1 Å². The van der Waals surface area contributed by atoms with Gasteiger partial charge < -0.3 is 5.32 Å². The number of benzene rings is 1. The lowest BCUT2D eigenvalue weighted by Crippen LogP contribution is -2.05. The van der Waals surface area contributed by atoms with Gasteiger partial charge in [0.05, 0.1) is 18.4 Å². The van der Waals surface area contributed by atoms with Crippen LogP contribution in [0.1, 0.15) is 11.3 Å². The average molecular weight is 255 g/mol. The fourth-order valence-electron chi connectivity index (χ4n) is 1.50. The van der Waals surface area contributed by atoms with Crippen molar-refractivity contribution >= 4 is 11.6 Å². The molecule has 0 saturated carbocycles. The predicted molar refractivity (Wildman–Crippen MR) is 63.3 cm³/mol. The van der Waals surface area contributed by atoms with Gasteiger partial charge in [-0.05, 0) is 24.7 Å². The highest BCUT2D eigenvalue weighted by atomic mass is 35.5. The first kappa shape index (κ1) is 12.0. The molecule has 0 fully saturated rings. The molecule has 17 heavy (non-hydrogen) atoms. The van der Waals surface area contributed by atoms with E-state index in [1.54, 1.807) is 10.7 Å². The summed E-state index contributed by atoms with van der Waals surface area (Å²) in [5.74, 6) is -0.340. The molecular formula is C11H12ClFN4. The van der Waals surface area contributed by atoms with Crippen LogP contribution in [-0.2, 0) is 13.1 Å². The SMILES string of the molecule is CNCc1cn(Cc2ccc(F)cc2Cl)nn1. The number of nitrogens with zero attached hydrogens (tertiary/aromatic N) is 3. The van der Waals surface area contributed by atoms with Crippen molar-refractivity contribution in [3.05, 3.63) is 46.5 Å². The Morgan fingerprint density at radius 1 is 1.47 bits per heavy atom. The summed E-state index contributed by atoms with van der Waals surface area (Å²) in [4.78, 5) is 0. The Morgan fingerprint density at radius 3 is 3.00 bits per heavy atom. The van der Waals surface area contributed by atoms with Gasteiger partial charge in [0.15, 0.2) is 0 Å². The third-order valence-electron chi connectivity index (χ3n) is 2.29. The molecule has 0 aliphatic heterocycles. The maximum atomic E-state index is 12.9. The van der Waals surface area contributed by atoms with Gasteiger partial charge in [-0.15, -0.1) is 5.10 Å². The standard InChI is InChI=1S/C11H12ClFN4/c1-14-5-10-7-17(16-15-10)6-8-2-3-9(13)4-11(8)12/h2-4,7,14H,5-6H2,1H3. The molecule has 0 radical (unpaired) electrons. The van der Waals surface area contributed by atoms with Crippen molar-refractivity contribution in [3.8, 4) is 0 Å². The molecule has 0 atom stereocenters. The number of hydrogen-bond acceptors (Lipinski definition) is 3. The highest BCUT2D eigenvalue weighted by Crippen LogP contribution is 2.17. The zero-order valence-electron chi connectivity index (χ0n) is 9.32. The van der Waals surface area contributed by atoms with Gasteiger partial charge in [0.1, 0.15) is 5.82 Å². The quantitative estimate of drug-likeness (QED) is 0.905. The van der Waals surface area contributed by atoms with Gasteiger partial charge in [0.25, 0.3) is 0 Å². The van der Waals surface area contributed by atoms with Gasteiger partial charge in [-0.1, -0.05) is 22.9 Å². The molecule has 0 saturated heterocycles. The second-order valence-electron chi connectivity index (χ2n) is 3.67. The topological polar surface area (TPSA) is 42.7 Å². The van der Waals surface area contributed by atoms with Crippen LogP contribution in [0.15, 0.2) is 24.4 Å². The molecule has 0 aliphatic carbocycles. The minimum absolute atomic E-state index is 0.340. The van der Waals surface area contributed by atoms with Crippen LogP contribution in [0.5, 0.6) is 0 Å². The van der Waals surface area contributed by atoms with E-state index in [1.807, 2.05) is 13.2 Å². The van der Waals surface area contributed by atoms with Gasteiger partial charge in [-0.2, -0.15) is 0 Å². The van der Waals surface area contributed by atoms with Crippen molar-refractivity contribution in [1.29, 1.82) is 0 Å². The normalized spacial score (nSPS) is 10.8. The fraction of sp³-hybridized carbons (Fsp3) is 0.273. The molecule has 90 valence electrons. The largest absolute Gasteiger partial charge is 0.314 e. The van der Waals surface area contributed by atoms with Crippen LogP contribution in [0.2, 0.25) is 5.02 Å². The van der Waals surface area contributed by atoms with Crippen molar-refractivity contribution < 1.29 is 4.39 Å². The number of halogens is 2. The van der Waals surface area contributed by atoms with E-state index in [2.05, 4.69) is 15.6 Å². The summed E-state index contributed by atoms with van der Waals surface area (Å²) in [6, 6.07) is 4.33. The van der Waals surface area contributed by atoms with E-state index in [4.69, 9.17) is 11.6 Å². The molecule has 1 aromatic heterocycles. The summed E-state index contributed by atoms with van der Waals surface area (Å²) in [7, 11) is 1.84. The third kappa shape index (κ3) is 3.01. The first-order valence-electron chi connectivity index (χ1n) is 5.16. The van der Waals surface area contributed by atoms with Crippen molar-refractivity contribution in [2.24, 2.45) is 0 Å². The summed E-state index contributed by atoms with van der Waals surface area (Å²) < 4.78 is 14.5. The maximum absolute atomic E-state index is 12.9. The molecule has 0 unspecified atom stereocenters. The molecule has 6 heteroatoms. The van der Waals surface area contributed by atoms with E-state index < -0.39 is 0 Å². The van der Waals surface area contributed by atoms with Crippen molar-refractivity contribution in [2.45, 2.75) is 13.1 Å². The van der Waals surface area contributed by atoms with E-state index in [-0.39, 0.29) is 5.82 Å². The molecule has 2 aromatic rings. The fourth-order valence-corrected chi connectivity index (χ4v) is 1.73. The first-order valence-corrected chi connectivity index (χ1v) is 5.54. The highest BCUT2D eigenvalue weighted by molar-refractivity contribution is 6.31. The Balaban J connectivity index is 2.13. The number of aromatic nitrogens is 3. The first-order chi connectivity index (χ1) is 8.19. The van der Waals surface area contributed by atoms with E-state index in [0.717, 1.165) is 11.3 Å². The number of nitrogens with one attached hydrogen (secondary N) is 1. The molecular weight excluding hydrogens is 243 g/mol. The number of rotatable bonds is 4. The minimum atomic E-state index is -0.340. The van der Waals surface area contributed by atoms with Gasteiger partial charge in [0.2, 0.25) is 0 Å². The van der Waals surface area contributed by atoms with Crippen molar-refractivity contribution in [2.75, 3.05) is 7.05 Å². The van der Waals surface area contributed by atoms with E-state index in [9.17, 15) is 4.39 Å². The Labute approximate surface area is 103 Å². The monoisotopic (exact) mass is 254 g/mol.